The van der Waals surface area contributed by atoms with Gasteiger partial charge in [-0.25, -0.2) is 4.52 Å². The summed E-state index contributed by atoms with van der Waals surface area (Å²) in [6, 6.07) is 8.84. The van der Waals surface area contributed by atoms with Crippen LogP contribution in [0.5, 0.6) is 0 Å². The van der Waals surface area contributed by atoms with E-state index in [1.54, 1.807) is 25.3 Å². The molecule has 3 rings (SSSR count). The van der Waals surface area contributed by atoms with Crippen LogP contribution in [-0.2, 0) is 10.0 Å². The molecule has 11 heteroatoms. The number of hydrazone groups is 1. The van der Waals surface area contributed by atoms with Crippen LogP contribution in [0.15, 0.2) is 52.7 Å². The van der Waals surface area contributed by atoms with Gasteiger partial charge in [-0.3, -0.25) is 10.1 Å². The topological polar surface area (TPSA) is 134 Å². The number of non-ortho nitro benzene ring substituents is 1. The van der Waals surface area contributed by atoms with Gasteiger partial charge in [0.05, 0.1) is 39.4 Å². The van der Waals surface area contributed by atoms with E-state index in [1.165, 1.54) is 36.1 Å². The molecule has 10 nitrogen and oxygen atoms in total. The zero-order chi connectivity index (χ0) is 20.5. The number of aryl methyl sites for hydroxylation is 1. The molecule has 0 radical (unpaired) electrons. The molecule has 0 saturated heterocycles. The largest absolute Gasteiger partial charge is 0.279 e. The van der Waals surface area contributed by atoms with Crippen molar-refractivity contribution in [3.8, 4) is 6.07 Å². The molecule has 2 aromatic heterocycles. The van der Waals surface area contributed by atoms with E-state index in [2.05, 4.69) is 10.2 Å². The maximum Gasteiger partial charge on any atom is 0.279 e. The number of nitriles is 1. The minimum absolute atomic E-state index is 0.201. The van der Waals surface area contributed by atoms with Gasteiger partial charge < -0.3 is 0 Å². The van der Waals surface area contributed by atoms with E-state index in [4.69, 9.17) is 5.26 Å². The molecule has 1 aromatic carbocycles. The van der Waals surface area contributed by atoms with Crippen molar-refractivity contribution in [3.05, 3.63) is 69.5 Å². The Morgan fingerprint density at radius 3 is 2.79 bits per heavy atom. The van der Waals surface area contributed by atoms with Gasteiger partial charge in [0.25, 0.3) is 15.7 Å². The smallest absolute Gasteiger partial charge is 0.258 e. The number of nitrogens with zero attached hydrogens (tertiary/aromatic N) is 6. The van der Waals surface area contributed by atoms with Crippen LogP contribution in [0.4, 0.5) is 5.69 Å². The van der Waals surface area contributed by atoms with Gasteiger partial charge in [-0.05, 0) is 24.6 Å². The number of benzene rings is 1. The van der Waals surface area contributed by atoms with Crippen LogP contribution in [0.2, 0.25) is 0 Å². The number of hydrogen-bond acceptors (Lipinski definition) is 7. The van der Waals surface area contributed by atoms with Gasteiger partial charge in [-0.1, -0.05) is 6.07 Å². The lowest BCUT2D eigenvalue weighted by Gasteiger charge is -2.15. The summed E-state index contributed by atoms with van der Waals surface area (Å²) in [7, 11) is -2.86. The van der Waals surface area contributed by atoms with Gasteiger partial charge in [-0.15, -0.1) is 0 Å². The van der Waals surface area contributed by atoms with Crippen LogP contribution in [0.3, 0.4) is 0 Å². The number of sulfonamides is 1. The summed E-state index contributed by atoms with van der Waals surface area (Å²) < 4.78 is 27.8. The third-order valence-corrected chi connectivity index (χ3v) is 5.83. The Hall–Kier alpha value is -3.78. The Kier molecular flexibility index (Phi) is 4.81. The molecule has 0 aliphatic rings. The SMILES string of the molecule is Cc1ccc([N+](=O)[O-])cc1S(=O)(=O)N(C)/N=C\c1cnn2ccc(C#N)cc12. The highest BCUT2D eigenvalue weighted by Crippen LogP contribution is 2.24. The summed E-state index contributed by atoms with van der Waals surface area (Å²) in [4.78, 5) is 10.1. The number of aromatic nitrogens is 2. The Morgan fingerprint density at radius 1 is 1.36 bits per heavy atom. The molecule has 0 atom stereocenters. The van der Waals surface area contributed by atoms with Crippen molar-refractivity contribution in [1.82, 2.24) is 14.0 Å². The van der Waals surface area contributed by atoms with Crippen molar-refractivity contribution in [2.24, 2.45) is 5.10 Å². The van der Waals surface area contributed by atoms with Gasteiger partial charge >= 0.3 is 0 Å². The Balaban J connectivity index is 1.96. The first-order chi connectivity index (χ1) is 13.2. The maximum absolute atomic E-state index is 12.8. The zero-order valence-corrected chi connectivity index (χ0v) is 15.7. The molecule has 3 aromatic rings. The van der Waals surface area contributed by atoms with Crippen molar-refractivity contribution < 1.29 is 13.3 Å². The fourth-order valence-electron chi connectivity index (χ4n) is 2.50. The standard InChI is InChI=1S/C17H14N6O4S/c1-12-3-4-15(23(24)25)8-17(12)28(26,27)21(2)19-10-14-11-20-22-6-5-13(9-18)7-16(14)22/h3-8,10-11H,1-2H3/b19-10-. The molecule has 0 bridgehead atoms. The molecule has 0 aliphatic carbocycles. The van der Waals surface area contributed by atoms with Crippen molar-refractivity contribution in [1.29, 1.82) is 5.26 Å². The second-order valence-corrected chi connectivity index (χ2v) is 7.77. The lowest BCUT2D eigenvalue weighted by atomic mass is 10.2. The average Bonchev–Trinajstić information content (AvgIpc) is 3.08. The molecule has 28 heavy (non-hydrogen) atoms. The fourth-order valence-corrected chi connectivity index (χ4v) is 3.70. The van der Waals surface area contributed by atoms with Gasteiger partial charge in [0.2, 0.25) is 0 Å². The fraction of sp³-hybridized carbons (Fsp3) is 0.118. The highest BCUT2D eigenvalue weighted by molar-refractivity contribution is 7.89. The first kappa shape index (κ1) is 19.0. The summed E-state index contributed by atoms with van der Waals surface area (Å²) in [5, 5.41) is 28.0. The molecule has 142 valence electrons. The van der Waals surface area contributed by atoms with Gasteiger partial charge in [0.1, 0.15) is 0 Å². The van der Waals surface area contributed by atoms with Crippen molar-refractivity contribution in [3.63, 3.8) is 0 Å². The summed E-state index contributed by atoms with van der Waals surface area (Å²) in [5.41, 5.74) is 1.56. The molecule has 0 unspecified atom stereocenters. The lowest BCUT2D eigenvalue weighted by molar-refractivity contribution is -0.385. The summed E-state index contributed by atoms with van der Waals surface area (Å²) in [6.45, 7) is 1.54. The van der Waals surface area contributed by atoms with Crippen LogP contribution in [-0.4, -0.2) is 40.6 Å². The first-order valence-electron chi connectivity index (χ1n) is 7.89. The summed E-state index contributed by atoms with van der Waals surface area (Å²) in [6.07, 6.45) is 4.39. The zero-order valence-electron chi connectivity index (χ0n) is 14.8. The quantitative estimate of drug-likeness (QED) is 0.367. The third-order valence-electron chi connectivity index (χ3n) is 4.05. The van der Waals surface area contributed by atoms with Gasteiger partial charge in [0.15, 0.2) is 0 Å². The molecule has 0 aliphatic heterocycles. The van der Waals surface area contributed by atoms with Crippen LogP contribution >= 0.6 is 0 Å². The molecule has 0 amide bonds. The first-order valence-corrected chi connectivity index (χ1v) is 9.33. The highest BCUT2D eigenvalue weighted by Gasteiger charge is 2.24. The van der Waals surface area contributed by atoms with E-state index in [9.17, 15) is 18.5 Å². The average molecular weight is 398 g/mol. The van der Waals surface area contributed by atoms with E-state index >= 15 is 0 Å². The Bertz CT molecular complexity index is 1260. The summed E-state index contributed by atoms with van der Waals surface area (Å²) >= 11 is 0. The van der Waals surface area contributed by atoms with E-state index < -0.39 is 14.9 Å². The van der Waals surface area contributed by atoms with Gasteiger partial charge in [-0.2, -0.15) is 28.3 Å². The van der Waals surface area contributed by atoms with Crippen molar-refractivity contribution >= 4 is 27.4 Å². The van der Waals surface area contributed by atoms with Crippen LogP contribution in [0, 0.1) is 28.4 Å². The number of rotatable bonds is 5. The number of pyridine rings is 1. The molecule has 0 spiro atoms. The monoisotopic (exact) mass is 398 g/mol. The molecule has 0 N–H and O–H groups in total. The molecule has 2 heterocycles. The Labute approximate surface area is 160 Å². The predicted octanol–water partition coefficient (Wildman–Crippen LogP) is 2.08. The predicted molar refractivity (Wildman–Crippen MR) is 100 cm³/mol. The second-order valence-electron chi connectivity index (χ2n) is 5.85. The van der Waals surface area contributed by atoms with Gasteiger partial charge in [0, 0.05) is 30.9 Å². The molecule has 0 fully saturated rings. The maximum atomic E-state index is 12.8. The van der Waals surface area contributed by atoms with E-state index in [-0.39, 0.29) is 10.6 Å². The van der Waals surface area contributed by atoms with Crippen molar-refractivity contribution in [2.75, 3.05) is 7.05 Å². The minimum Gasteiger partial charge on any atom is -0.258 e. The van der Waals surface area contributed by atoms with E-state index in [0.717, 1.165) is 10.5 Å². The highest BCUT2D eigenvalue weighted by atomic mass is 32.2. The summed E-state index contributed by atoms with van der Waals surface area (Å²) in [5.74, 6) is 0. The number of hydrogen-bond donors (Lipinski definition) is 0. The van der Waals surface area contributed by atoms with E-state index in [0.29, 0.717) is 22.2 Å². The number of nitro groups is 1. The molecular weight excluding hydrogens is 384 g/mol. The third kappa shape index (κ3) is 3.40. The lowest BCUT2D eigenvalue weighted by Crippen LogP contribution is -2.22. The molecule has 0 saturated carbocycles. The van der Waals surface area contributed by atoms with E-state index in [1.807, 2.05) is 6.07 Å². The van der Waals surface area contributed by atoms with Crippen LogP contribution in [0.1, 0.15) is 16.7 Å². The van der Waals surface area contributed by atoms with Crippen LogP contribution < -0.4 is 0 Å². The normalized spacial score (nSPS) is 11.6. The second kappa shape index (κ2) is 7.09. The Morgan fingerprint density at radius 2 is 2.11 bits per heavy atom. The minimum atomic E-state index is -4.09. The molecular formula is C17H14N6O4S. The van der Waals surface area contributed by atoms with Crippen molar-refractivity contribution in [2.45, 2.75) is 11.8 Å². The number of nitro benzene ring substituents is 1. The number of fused-ring (bicyclic) bond motifs is 1. The van der Waals surface area contributed by atoms with Crippen LogP contribution in [0.25, 0.3) is 5.52 Å².